The molecule has 4 nitrogen and oxygen atoms in total. The summed E-state index contributed by atoms with van der Waals surface area (Å²) in [6.45, 7) is 0. The average Bonchev–Trinajstić information content (AvgIpc) is 3.68. The minimum atomic E-state index is 0.915. The molecule has 0 atom stereocenters. The van der Waals surface area contributed by atoms with Crippen LogP contribution in [0.4, 0.5) is 0 Å². The Balaban J connectivity index is 1.16. The number of aromatic nitrogens is 4. The second-order valence-electron chi connectivity index (χ2n) is 11.1. The van der Waals surface area contributed by atoms with Crippen LogP contribution in [0.1, 0.15) is 0 Å². The summed E-state index contributed by atoms with van der Waals surface area (Å²) in [7, 11) is 0. The predicted octanol–water partition coefficient (Wildman–Crippen LogP) is 9.54. The third kappa shape index (κ3) is 2.80. The zero-order valence-electron chi connectivity index (χ0n) is 22.5. The lowest BCUT2D eigenvalue weighted by atomic mass is 10.0. The van der Waals surface area contributed by atoms with Gasteiger partial charge in [-0.25, -0.2) is 9.97 Å². The van der Waals surface area contributed by atoms with Crippen molar-refractivity contribution in [3.05, 3.63) is 133 Å². The third-order valence-corrected chi connectivity index (χ3v) is 8.85. The first kappa shape index (κ1) is 22.0. The van der Waals surface area contributed by atoms with E-state index >= 15 is 0 Å². The van der Waals surface area contributed by atoms with Gasteiger partial charge in [0.15, 0.2) is 5.65 Å². The Morgan fingerprint density at radius 1 is 0.429 bits per heavy atom. The molecule has 0 N–H and O–H groups in total. The molecule has 0 saturated heterocycles. The summed E-state index contributed by atoms with van der Waals surface area (Å²) in [5.41, 5.74) is 12.1. The van der Waals surface area contributed by atoms with Crippen LogP contribution in [0, 0.1) is 0 Å². The van der Waals surface area contributed by atoms with Crippen molar-refractivity contribution in [2.24, 2.45) is 0 Å². The largest absolute Gasteiger partial charge is 0.309 e. The zero-order chi connectivity index (χ0) is 27.4. The average molecular weight is 535 g/mol. The van der Waals surface area contributed by atoms with Gasteiger partial charge in [-0.3, -0.25) is 4.40 Å². The lowest BCUT2D eigenvalue weighted by molar-refractivity contribution is 1.18. The second-order valence-corrected chi connectivity index (χ2v) is 11.1. The first-order valence-electron chi connectivity index (χ1n) is 14.3. The highest BCUT2D eigenvalue weighted by Crippen LogP contribution is 2.40. The SMILES string of the molecule is c1ccc2nc3c(nc2c1)c1cccc2c4cc(-c5ccc(-n6c7ccccc7c7ccccc76)cc5)ccc4n3c21. The molecule has 4 heterocycles. The van der Waals surface area contributed by atoms with E-state index in [9.17, 15) is 0 Å². The first-order chi connectivity index (χ1) is 20.8. The van der Waals surface area contributed by atoms with E-state index < -0.39 is 0 Å². The molecule has 0 aliphatic carbocycles. The maximum absolute atomic E-state index is 5.07. The van der Waals surface area contributed by atoms with E-state index in [0.717, 1.165) is 38.8 Å². The van der Waals surface area contributed by atoms with E-state index in [0.29, 0.717) is 0 Å². The van der Waals surface area contributed by atoms with Gasteiger partial charge in [0.25, 0.3) is 0 Å². The quantitative estimate of drug-likeness (QED) is 0.221. The van der Waals surface area contributed by atoms with Gasteiger partial charge in [0, 0.05) is 32.6 Å². The molecule has 10 aromatic rings. The van der Waals surface area contributed by atoms with Crippen LogP contribution < -0.4 is 0 Å². The predicted molar refractivity (Wildman–Crippen MR) is 174 cm³/mol. The molecule has 194 valence electrons. The van der Waals surface area contributed by atoms with Crippen molar-refractivity contribution >= 4 is 71.2 Å². The van der Waals surface area contributed by atoms with Crippen LogP contribution in [-0.4, -0.2) is 18.9 Å². The van der Waals surface area contributed by atoms with Crippen molar-refractivity contribution < 1.29 is 0 Å². The van der Waals surface area contributed by atoms with Crippen molar-refractivity contribution in [2.75, 3.05) is 0 Å². The molecular weight excluding hydrogens is 512 g/mol. The van der Waals surface area contributed by atoms with E-state index in [4.69, 9.17) is 9.97 Å². The van der Waals surface area contributed by atoms with E-state index in [1.54, 1.807) is 0 Å². The Morgan fingerprint density at radius 3 is 1.81 bits per heavy atom. The Labute approximate surface area is 240 Å². The molecule has 42 heavy (non-hydrogen) atoms. The highest BCUT2D eigenvalue weighted by molar-refractivity contribution is 6.22. The van der Waals surface area contributed by atoms with Crippen molar-refractivity contribution in [3.63, 3.8) is 0 Å². The molecule has 0 fully saturated rings. The van der Waals surface area contributed by atoms with Gasteiger partial charge in [0.1, 0.15) is 5.52 Å². The molecule has 6 aromatic carbocycles. The summed E-state index contributed by atoms with van der Waals surface area (Å²) in [4.78, 5) is 10.1. The Bertz CT molecular complexity index is 2620. The number of hydrogen-bond acceptors (Lipinski definition) is 2. The van der Waals surface area contributed by atoms with Crippen LogP contribution in [0.3, 0.4) is 0 Å². The molecule has 0 saturated carbocycles. The fraction of sp³-hybridized carbons (Fsp3) is 0. The number of nitrogens with zero attached hydrogens (tertiary/aromatic N) is 4. The van der Waals surface area contributed by atoms with E-state index in [-0.39, 0.29) is 0 Å². The molecule has 4 aromatic heterocycles. The molecule has 0 aliphatic heterocycles. The number of rotatable bonds is 2. The molecule has 0 bridgehead atoms. The van der Waals surface area contributed by atoms with Crippen LogP contribution >= 0.6 is 0 Å². The van der Waals surface area contributed by atoms with E-state index in [2.05, 4.69) is 118 Å². The van der Waals surface area contributed by atoms with E-state index in [1.165, 1.54) is 49.2 Å². The minimum absolute atomic E-state index is 0.915. The lowest BCUT2D eigenvalue weighted by Gasteiger charge is -2.10. The van der Waals surface area contributed by atoms with Crippen LogP contribution in [0.15, 0.2) is 133 Å². The Kier molecular flexibility index (Phi) is 4.15. The number of benzene rings is 6. The maximum Gasteiger partial charge on any atom is 0.165 e. The summed E-state index contributed by atoms with van der Waals surface area (Å²) in [6, 6.07) is 47.7. The Morgan fingerprint density at radius 2 is 1.05 bits per heavy atom. The van der Waals surface area contributed by atoms with Gasteiger partial charge in [0.2, 0.25) is 0 Å². The van der Waals surface area contributed by atoms with Gasteiger partial charge in [0.05, 0.1) is 33.1 Å². The molecule has 4 heteroatoms. The molecule has 0 spiro atoms. The van der Waals surface area contributed by atoms with Gasteiger partial charge in [-0.05, 0) is 59.7 Å². The van der Waals surface area contributed by atoms with Crippen molar-refractivity contribution in [2.45, 2.75) is 0 Å². The van der Waals surface area contributed by atoms with Gasteiger partial charge >= 0.3 is 0 Å². The summed E-state index contributed by atoms with van der Waals surface area (Å²) in [6.07, 6.45) is 0. The number of para-hydroxylation sites is 5. The summed E-state index contributed by atoms with van der Waals surface area (Å²) >= 11 is 0. The molecule has 0 aliphatic rings. The zero-order valence-corrected chi connectivity index (χ0v) is 22.5. The molecule has 0 radical (unpaired) electrons. The first-order valence-corrected chi connectivity index (χ1v) is 14.3. The summed E-state index contributed by atoms with van der Waals surface area (Å²) in [5, 5.41) is 6.17. The lowest BCUT2D eigenvalue weighted by Crippen LogP contribution is -1.93. The van der Waals surface area contributed by atoms with Gasteiger partial charge in [-0.2, -0.15) is 0 Å². The van der Waals surface area contributed by atoms with Gasteiger partial charge in [-0.15, -0.1) is 0 Å². The normalized spacial score (nSPS) is 12.3. The molecule has 0 amide bonds. The highest BCUT2D eigenvalue weighted by atomic mass is 15.0. The summed E-state index contributed by atoms with van der Waals surface area (Å²) < 4.78 is 4.66. The topological polar surface area (TPSA) is 35.1 Å². The summed E-state index contributed by atoms with van der Waals surface area (Å²) in [5.74, 6) is 0. The van der Waals surface area contributed by atoms with Crippen LogP contribution in [0.2, 0.25) is 0 Å². The monoisotopic (exact) mass is 534 g/mol. The minimum Gasteiger partial charge on any atom is -0.309 e. The molecule has 10 rings (SSSR count). The Hall–Kier alpha value is -5.74. The van der Waals surface area contributed by atoms with Crippen LogP contribution in [0.25, 0.3) is 88.0 Å². The highest BCUT2D eigenvalue weighted by Gasteiger charge is 2.20. The fourth-order valence-corrected chi connectivity index (χ4v) is 6.99. The van der Waals surface area contributed by atoms with Gasteiger partial charge < -0.3 is 4.57 Å². The third-order valence-electron chi connectivity index (χ3n) is 8.85. The second kappa shape index (κ2) is 7.93. The van der Waals surface area contributed by atoms with E-state index in [1.807, 2.05) is 24.3 Å². The fourth-order valence-electron chi connectivity index (χ4n) is 6.99. The standard InChI is InChI=1S/C38H22N4/c1-5-14-33-26(8-1)27-9-2-6-15-34(27)41(33)25-19-16-23(17-20-25)24-18-21-35-30(22-24)28-10-7-11-29-36-38(42(35)37(28)29)40-32-13-4-3-12-31(32)39-36/h1-22H. The van der Waals surface area contributed by atoms with Crippen LogP contribution in [0.5, 0.6) is 0 Å². The number of hydrogen-bond donors (Lipinski definition) is 0. The van der Waals surface area contributed by atoms with Crippen molar-refractivity contribution in [3.8, 4) is 16.8 Å². The maximum atomic E-state index is 5.07. The molecular formula is C38H22N4. The van der Waals surface area contributed by atoms with Crippen molar-refractivity contribution in [1.29, 1.82) is 0 Å². The molecule has 0 unspecified atom stereocenters. The van der Waals surface area contributed by atoms with Crippen LogP contribution in [-0.2, 0) is 0 Å². The van der Waals surface area contributed by atoms with Crippen molar-refractivity contribution in [1.82, 2.24) is 18.9 Å². The number of fused-ring (bicyclic) bond motifs is 10. The van der Waals surface area contributed by atoms with Gasteiger partial charge in [-0.1, -0.05) is 84.9 Å². The smallest absolute Gasteiger partial charge is 0.165 e.